The Bertz CT molecular complexity index is 925. The zero-order chi connectivity index (χ0) is 19.9. The van der Waals surface area contributed by atoms with Crippen molar-refractivity contribution >= 4 is 17.7 Å². The third-order valence-corrected chi connectivity index (χ3v) is 5.75. The number of thioether (sulfide) groups is 1. The molecule has 1 aliphatic heterocycles. The predicted molar refractivity (Wildman–Crippen MR) is 116 cm³/mol. The molecule has 1 unspecified atom stereocenters. The van der Waals surface area contributed by atoms with Crippen LogP contribution in [-0.4, -0.2) is 41.1 Å². The van der Waals surface area contributed by atoms with Crippen molar-refractivity contribution in [2.24, 2.45) is 0 Å². The van der Waals surface area contributed by atoms with E-state index in [-0.39, 0.29) is 12.0 Å². The van der Waals surface area contributed by atoms with Crippen LogP contribution in [0.3, 0.4) is 0 Å². The zero-order valence-electron chi connectivity index (χ0n) is 16.1. The van der Waals surface area contributed by atoms with Crippen molar-refractivity contribution in [3.8, 4) is 22.4 Å². The van der Waals surface area contributed by atoms with Gasteiger partial charge in [0.15, 0.2) is 0 Å². The van der Waals surface area contributed by atoms with E-state index in [0.29, 0.717) is 12.3 Å². The molecule has 0 radical (unpaired) electrons. The first-order valence-corrected chi connectivity index (χ1v) is 10.8. The Labute approximate surface area is 174 Å². The highest BCUT2D eigenvalue weighted by molar-refractivity contribution is 7.99. The van der Waals surface area contributed by atoms with Crippen LogP contribution in [0.4, 0.5) is 0 Å². The van der Waals surface area contributed by atoms with E-state index in [1.807, 2.05) is 30.3 Å². The standard InChI is InChI=1S/C23H23N3O2S/c27-22(24-15-20-7-4-14-28-20)16-29-23-13-12-21(25-26-23)19-10-8-18(9-11-19)17-5-2-1-3-6-17/h1-3,5-6,8-13,20H,4,7,14-16H2,(H,24,27). The topological polar surface area (TPSA) is 64.1 Å². The molecule has 6 heteroatoms. The van der Waals surface area contributed by atoms with Crippen LogP contribution in [0, 0.1) is 0 Å². The number of hydrogen-bond acceptors (Lipinski definition) is 5. The minimum Gasteiger partial charge on any atom is -0.376 e. The Morgan fingerprint density at radius 2 is 1.72 bits per heavy atom. The van der Waals surface area contributed by atoms with Gasteiger partial charge in [-0.05, 0) is 36.1 Å². The highest BCUT2D eigenvalue weighted by Crippen LogP contribution is 2.24. The molecule has 0 bridgehead atoms. The number of carbonyl (C=O) groups excluding carboxylic acids is 1. The summed E-state index contributed by atoms with van der Waals surface area (Å²) in [6.07, 6.45) is 2.26. The van der Waals surface area contributed by atoms with Gasteiger partial charge in [0.1, 0.15) is 5.03 Å². The van der Waals surface area contributed by atoms with Crippen molar-refractivity contribution in [2.75, 3.05) is 18.9 Å². The van der Waals surface area contributed by atoms with Crippen LogP contribution in [-0.2, 0) is 9.53 Å². The van der Waals surface area contributed by atoms with Gasteiger partial charge in [0.2, 0.25) is 5.91 Å². The first-order valence-electron chi connectivity index (χ1n) is 9.78. The van der Waals surface area contributed by atoms with Crippen LogP contribution in [0.15, 0.2) is 71.8 Å². The first-order chi connectivity index (χ1) is 14.3. The molecule has 1 fully saturated rings. The summed E-state index contributed by atoms with van der Waals surface area (Å²) in [6.45, 7) is 1.38. The van der Waals surface area contributed by atoms with E-state index >= 15 is 0 Å². The second-order valence-electron chi connectivity index (χ2n) is 6.93. The number of nitrogens with one attached hydrogen (secondary N) is 1. The number of rotatable bonds is 7. The minimum atomic E-state index is -0.00660. The van der Waals surface area contributed by atoms with Crippen molar-refractivity contribution in [3.63, 3.8) is 0 Å². The molecule has 29 heavy (non-hydrogen) atoms. The van der Waals surface area contributed by atoms with Crippen molar-refractivity contribution < 1.29 is 9.53 Å². The van der Waals surface area contributed by atoms with Crippen molar-refractivity contribution in [3.05, 3.63) is 66.7 Å². The fourth-order valence-corrected chi connectivity index (χ4v) is 3.88. The lowest BCUT2D eigenvalue weighted by atomic mass is 10.0. The third kappa shape index (κ3) is 5.43. The van der Waals surface area contributed by atoms with Gasteiger partial charge in [-0.15, -0.1) is 10.2 Å². The number of nitrogens with zero attached hydrogens (tertiary/aromatic N) is 2. The van der Waals surface area contributed by atoms with Gasteiger partial charge in [0.25, 0.3) is 0 Å². The van der Waals surface area contributed by atoms with E-state index in [1.54, 1.807) is 0 Å². The quantitative estimate of drug-likeness (QED) is 0.597. The lowest BCUT2D eigenvalue weighted by Crippen LogP contribution is -2.32. The van der Waals surface area contributed by atoms with E-state index in [4.69, 9.17) is 4.74 Å². The van der Waals surface area contributed by atoms with Crippen LogP contribution >= 0.6 is 11.8 Å². The van der Waals surface area contributed by atoms with Gasteiger partial charge in [0, 0.05) is 18.7 Å². The molecular weight excluding hydrogens is 382 g/mol. The Hall–Kier alpha value is -2.70. The summed E-state index contributed by atoms with van der Waals surface area (Å²) in [6, 6.07) is 22.4. The molecule has 1 amide bonds. The highest BCUT2D eigenvalue weighted by Gasteiger charge is 2.16. The Morgan fingerprint density at radius 3 is 2.41 bits per heavy atom. The van der Waals surface area contributed by atoms with Crippen molar-refractivity contribution in [1.29, 1.82) is 0 Å². The van der Waals surface area contributed by atoms with Gasteiger partial charge in [-0.2, -0.15) is 0 Å². The van der Waals surface area contributed by atoms with Gasteiger partial charge in [-0.1, -0.05) is 66.4 Å². The fourth-order valence-electron chi connectivity index (χ4n) is 3.24. The third-order valence-electron chi connectivity index (χ3n) is 4.83. The minimum absolute atomic E-state index is 0.00660. The number of ether oxygens (including phenoxy) is 1. The number of benzene rings is 2. The Morgan fingerprint density at radius 1 is 0.966 bits per heavy atom. The number of carbonyl (C=O) groups is 1. The predicted octanol–water partition coefficient (Wildman–Crippen LogP) is 4.20. The first kappa shape index (κ1) is 19.6. The van der Waals surface area contributed by atoms with Gasteiger partial charge < -0.3 is 10.1 Å². The maximum absolute atomic E-state index is 12.0. The summed E-state index contributed by atoms with van der Waals surface area (Å²) in [4.78, 5) is 12.0. The maximum Gasteiger partial charge on any atom is 0.230 e. The molecule has 0 aliphatic carbocycles. The van der Waals surface area contributed by atoms with E-state index in [1.165, 1.54) is 22.9 Å². The van der Waals surface area contributed by atoms with E-state index in [9.17, 15) is 4.79 Å². The van der Waals surface area contributed by atoms with Gasteiger partial charge >= 0.3 is 0 Å². The van der Waals surface area contributed by atoms with Gasteiger partial charge in [0.05, 0.1) is 17.6 Å². The van der Waals surface area contributed by atoms with E-state index in [0.717, 1.165) is 35.7 Å². The average molecular weight is 406 g/mol. The molecular formula is C23H23N3O2S. The molecule has 1 saturated heterocycles. The van der Waals surface area contributed by atoms with Crippen molar-refractivity contribution in [2.45, 2.75) is 24.0 Å². The summed E-state index contributed by atoms with van der Waals surface area (Å²) in [5.74, 6) is 0.319. The maximum atomic E-state index is 12.0. The lowest BCUT2D eigenvalue weighted by molar-refractivity contribution is -0.119. The smallest absolute Gasteiger partial charge is 0.230 e. The fraction of sp³-hybridized carbons (Fsp3) is 0.261. The van der Waals surface area contributed by atoms with Crippen LogP contribution in [0.5, 0.6) is 0 Å². The second kappa shape index (κ2) is 9.67. The van der Waals surface area contributed by atoms with Gasteiger partial charge in [-0.3, -0.25) is 4.79 Å². The summed E-state index contributed by atoms with van der Waals surface area (Å²) in [5, 5.41) is 12.2. The largest absolute Gasteiger partial charge is 0.376 e. The zero-order valence-corrected chi connectivity index (χ0v) is 16.9. The molecule has 1 aliphatic rings. The number of hydrogen-bond donors (Lipinski definition) is 1. The molecule has 3 aromatic rings. The summed E-state index contributed by atoms with van der Waals surface area (Å²) < 4.78 is 5.51. The number of amides is 1. The van der Waals surface area contributed by atoms with E-state index in [2.05, 4.69) is 51.9 Å². The second-order valence-corrected chi connectivity index (χ2v) is 7.92. The Balaban J connectivity index is 1.30. The molecule has 0 saturated carbocycles. The van der Waals surface area contributed by atoms with Crippen LogP contribution in [0.2, 0.25) is 0 Å². The summed E-state index contributed by atoms with van der Waals surface area (Å²) in [5.41, 5.74) is 4.19. The SMILES string of the molecule is O=C(CSc1ccc(-c2ccc(-c3ccccc3)cc2)nn1)NCC1CCCO1. The normalized spacial score (nSPS) is 15.9. The molecule has 1 atom stereocenters. The molecule has 1 N–H and O–H groups in total. The molecule has 0 spiro atoms. The van der Waals surface area contributed by atoms with Crippen molar-refractivity contribution in [1.82, 2.24) is 15.5 Å². The average Bonchev–Trinajstić information content (AvgIpc) is 3.31. The highest BCUT2D eigenvalue weighted by atomic mass is 32.2. The molecule has 2 heterocycles. The Kier molecular flexibility index (Phi) is 6.54. The van der Waals surface area contributed by atoms with Crippen LogP contribution < -0.4 is 5.32 Å². The van der Waals surface area contributed by atoms with Crippen LogP contribution in [0.1, 0.15) is 12.8 Å². The molecule has 148 valence electrons. The summed E-state index contributed by atoms with van der Waals surface area (Å²) in [7, 11) is 0. The molecule has 2 aromatic carbocycles. The van der Waals surface area contributed by atoms with Gasteiger partial charge in [-0.25, -0.2) is 0 Å². The van der Waals surface area contributed by atoms with Crippen LogP contribution in [0.25, 0.3) is 22.4 Å². The summed E-state index contributed by atoms with van der Waals surface area (Å²) >= 11 is 1.39. The molecule has 1 aromatic heterocycles. The molecule has 4 rings (SSSR count). The lowest BCUT2D eigenvalue weighted by Gasteiger charge is -2.10. The molecule has 5 nitrogen and oxygen atoms in total. The monoisotopic (exact) mass is 405 g/mol. The van der Waals surface area contributed by atoms with E-state index < -0.39 is 0 Å². The number of aromatic nitrogens is 2.